The second-order valence-corrected chi connectivity index (χ2v) is 5.24. The van der Waals surface area contributed by atoms with Crippen LogP contribution in [-0.2, 0) is 4.79 Å². The first kappa shape index (κ1) is 14.4. The summed E-state index contributed by atoms with van der Waals surface area (Å²) in [5.41, 5.74) is 6.09. The van der Waals surface area contributed by atoms with Crippen LogP contribution in [0.3, 0.4) is 0 Å². The number of piperazine rings is 1. The lowest BCUT2D eigenvalue weighted by Crippen LogP contribution is -2.62. The Bertz CT molecular complexity index is 531. The number of nitrogens with one attached hydrogen (secondary N) is 1. The maximum Gasteiger partial charge on any atom is 0.245 e. The van der Waals surface area contributed by atoms with Crippen LogP contribution in [0.15, 0.2) is 12.1 Å². The zero-order chi connectivity index (χ0) is 14.9. The molecule has 2 rings (SSSR count). The molecule has 3 N–H and O–H groups in total. The highest BCUT2D eigenvalue weighted by atomic mass is 19.1. The first-order valence-corrected chi connectivity index (χ1v) is 6.65. The molecule has 0 aliphatic carbocycles. The first-order valence-electron chi connectivity index (χ1n) is 6.65. The third-order valence-corrected chi connectivity index (χ3v) is 3.52. The van der Waals surface area contributed by atoms with Crippen molar-refractivity contribution in [1.29, 1.82) is 0 Å². The molecule has 1 saturated heterocycles. The Labute approximate surface area is 117 Å². The molecule has 1 heterocycles. The Morgan fingerprint density at radius 3 is 2.85 bits per heavy atom. The zero-order valence-electron chi connectivity index (χ0n) is 12.0. The molecule has 1 amide bonds. The van der Waals surface area contributed by atoms with Crippen molar-refractivity contribution in [1.82, 2.24) is 5.32 Å². The molecule has 0 bridgehead atoms. The molecular weight excluding hydrogens is 261 g/mol. The number of hydrogen-bond donors (Lipinski definition) is 2. The van der Waals surface area contributed by atoms with E-state index in [1.807, 2.05) is 18.7 Å². The number of nitrogen functional groups attached to an aromatic ring is 1. The van der Waals surface area contributed by atoms with Crippen LogP contribution in [0.25, 0.3) is 0 Å². The van der Waals surface area contributed by atoms with Crippen molar-refractivity contribution < 1.29 is 13.9 Å². The lowest BCUT2D eigenvalue weighted by molar-refractivity contribution is -0.126. The molecule has 20 heavy (non-hydrogen) atoms. The fourth-order valence-corrected chi connectivity index (χ4v) is 2.38. The number of benzene rings is 1. The molecule has 0 atom stereocenters. The van der Waals surface area contributed by atoms with Crippen molar-refractivity contribution in [2.45, 2.75) is 26.3 Å². The first-order chi connectivity index (χ1) is 9.37. The van der Waals surface area contributed by atoms with Gasteiger partial charge < -0.3 is 20.7 Å². The summed E-state index contributed by atoms with van der Waals surface area (Å²) < 4.78 is 19.0. The van der Waals surface area contributed by atoms with Crippen molar-refractivity contribution >= 4 is 17.3 Å². The van der Waals surface area contributed by atoms with Gasteiger partial charge in [0.15, 0.2) is 11.6 Å². The fourth-order valence-electron chi connectivity index (χ4n) is 2.38. The number of carbonyl (C=O) groups excluding carboxylic acids is 1. The van der Waals surface area contributed by atoms with Crippen LogP contribution in [0.1, 0.15) is 20.8 Å². The number of ether oxygens (including phenoxy) is 1. The Morgan fingerprint density at radius 2 is 2.20 bits per heavy atom. The maximum atomic E-state index is 13.8. The standard InChI is InChI=1S/C14H20FN3O2/c1-4-20-12-8-11(10(16)7-9(12)15)18-6-5-17-13(19)14(18,2)3/h7-8H,4-6,16H2,1-3H3,(H,17,19). The summed E-state index contributed by atoms with van der Waals surface area (Å²) in [7, 11) is 0. The van der Waals surface area contributed by atoms with Gasteiger partial charge in [-0.2, -0.15) is 0 Å². The molecule has 1 fully saturated rings. The Morgan fingerprint density at radius 1 is 1.50 bits per heavy atom. The second kappa shape index (κ2) is 5.19. The van der Waals surface area contributed by atoms with Crippen LogP contribution in [-0.4, -0.2) is 31.1 Å². The van der Waals surface area contributed by atoms with Gasteiger partial charge in [-0.25, -0.2) is 4.39 Å². The van der Waals surface area contributed by atoms with E-state index in [4.69, 9.17) is 10.5 Å². The Balaban J connectivity index is 2.45. The highest BCUT2D eigenvalue weighted by molar-refractivity contribution is 5.91. The fraction of sp³-hybridized carbons (Fsp3) is 0.500. The Hall–Kier alpha value is -1.98. The molecule has 1 aliphatic rings. The van der Waals surface area contributed by atoms with Gasteiger partial charge in [0, 0.05) is 25.2 Å². The summed E-state index contributed by atoms with van der Waals surface area (Å²) in [4.78, 5) is 13.9. The number of carbonyl (C=O) groups is 1. The molecule has 0 radical (unpaired) electrons. The number of halogens is 1. The number of nitrogens with two attached hydrogens (primary N) is 1. The van der Waals surface area contributed by atoms with Gasteiger partial charge in [-0.3, -0.25) is 4.79 Å². The molecule has 5 nitrogen and oxygen atoms in total. The number of anilines is 2. The van der Waals surface area contributed by atoms with Crippen LogP contribution in [0, 0.1) is 5.82 Å². The lowest BCUT2D eigenvalue weighted by Gasteiger charge is -2.43. The smallest absolute Gasteiger partial charge is 0.245 e. The third-order valence-electron chi connectivity index (χ3n) is 3.52. The molecule has 1 aliphatic heterocycles. The molecule has 0 unspecified atom stereocenters. The number of nitrogens with zero attached hydrogens (tertiary/aromatic N) is 1. The molecule has 6 heteroatoms. The van der Waals surface area contributed by atoms with E-state index in [0.717, 1.165) is 0 Å². The summed E-state index contributed by atoms with van der Waals surface area (Å²) in [5.74, 6) is -0.420. The average Bonchev–Trinajstić information content (AvgIpc) is 2.37. The van der Waals surface area contributed by atoms with Crippen LogP contribution in [0.2, 0.25) is 0 Å². The number of rotatable bonds is 3. The van der Waals surface area contributed by atoms with E-state index in [9.17, 15) is 9.18 Å². The molecule has 110 valence electrons. The van der Waals surface area contributed by atoms with Crippen molar-refractivity contribution in [2.75, 3.05) is 30.3 Å². The van der Waals surface area contributed by atoms with Crippen molar-refractivity contribution in [3.8, 4) is 5.75 Å². The van der Waals surface area contributed by atoms with Crippen LogP contribution in [0.5, 0.6) is 5.75 Å². The quantitative estimate of drug-likeness (QED) is 0.824. The van der Waals surface area contributed by atoms with Crippen LogP contribution >= 0.6 is 0 Å². The summed E-state index contributed by atoms with van der Waals surface area (Å²) in [6.45, 7) is 6.91. The van der Waals surface area contributed by atoms with Gasteiger partial charge in [-0.05, 0) is 20.8 Å². The van der Waals surface area contributed by atoms with Crippen molar-refractivity contribution in [3.05, 3.63) is 17.9 Å². The number of hydrogen-bond acceptors (Lipinski definition) is 4. The second-order valence-electron chi connectivity index (χ2n) is 5.24. The van der Waals surface area contributed by atoms with Crippen LogP contribution < -0.4 is 20.7 Å². The van der Waals surface area contributed by atoms with Gasteiger partial charge in [-0.1, -0.05) is 0 Å². The summed E-state index contributed by atoms with van der Waals surface area (Å²) in [6, 6.07) is 2.80. The van der Waals surface area contributed by atoms with E-state index < -0.39 is 11.4 Å². The Kier molecular flexibility index (Phi) is 3.74. The highest BCUT2D eigenvalue weighted by Gasteiger charge is 2.38. The van der Waals surface area contributed by atoms with Gasteiger partial charge in [-0.15, -0.1) is 0 Å². The summed E-state index contributed by atoms with van der Waals surface area (Å²) in [6.07, 6.45) is 0. The SMILES string of the molecule is CCOc1cc(N2CCNC(=O)C2(C)C)c(N)cc1F. The lowest BCUT2D eigenvalue weighted by atomic mass is 9.97. The molecular formula is C14H20FN3O2. The van der Waals surface area contributed by atoms with Gasteiger partial charge in [0.25, 0.3) is 0 Å². The topological polar surface area (TPSA) is 67.6 Å². The summed E-state index contributed by atoms with van der Waals surface area (Å²) in [5, 5.41) is 2.82. The van der Waals surface area contributed by atoms with Gasteiger partial charge in [0.2, 0.25) is 5.91 Å². The normalized spacial score (nSPS) is 17.8. The third kappa shape index (κ3) is 2.37. The van der Waals surface area contributed by atoms with E-state index >= 15 is 0 Å². The van der Waals surface area contributed by atoms with E-state index in [0.29, 0.717) is 31.1 Å². The van der Waals surface area contributed by atoms with Gasteiger partial charge >= 0.3 is 0 Å². The maximum absolute atomic E-state index is 13.8. The molecule has 1 aromatic carbocycles. The average molecular weight is 281 g/mol. The summed E-state index contributed by atoms with van der Waals surface area (Å²) >= 11 is 0. The minimum atomic E-state index is -0.742. The van der Waals surface area contributed by atoms with E-state index in [1.165, 1.54) is 6.07 Å². The van der Waals surface area contributed by atoms with Gasteiger partial charge in [0.1, 0.15) is 5.54 Å². The van der Waals surface area contributed by atoms with Gasteiger partial charge in [0.05, 0.1) is 18.0 Å². The van der Waals surface area contributed by atoms with E-state index in [2.05, 4.69) is 5.32 Å². The predicted molar refractivity (Wildman–Crippen MR) is 76.4 cm³/mol. The molecule has 0 spiro atoms. The predicted octanol–water partition coefficient (Wildman–Crippen LogP) is 1.52. The van der Waals surface area contributed by atoms with E-state index in [1.54, 1.807) is 13.0 Å². The minimum Gasteiger partial charge on any atom is -0.491 e. The minimum absolute atomic E-state index is 0.0783. The highest BCUT2D eigenvalue weighted by Crippen LogP contribution is 2.35. The zero-order valence-corrected chi connectivity index (χ0v) is 12.0. The van der Waals surface area contributed by atoms with Crippen molar-refractivity contribution in [3.63, 3.8) is 0 Å². The molecule has 1 aromatic rings. The van der Waals surface area contributed by atoms with E-state index in [-0.39, 0.29) is 11.7 Å². The van der Waals surface area contributed by atoms with Crippen molar-refractivity contribution in [2.24, 2.45) is 0 Å². The van der Waals surface area contributed by atoms with Crippen LogP contribution in [0.4, 0.5) is 15.8 Å². The monoisotopic (exact) mass is 281 g/mol. The molecule has 0 saturated carbocycles. The number of amides is 1. The molecule has 0 aromatic heterocycles. The largest absolute Gasteiger partial charge is 0.491 e.